The van der Waals surface area contributed by atoms with E-state index in [4.69, 9.17) is 0 Å². The number of hydrogen-bond acceptors (Lipinski definition) is 6. The first-order valence-electron chi connectivity index (χ1n) is 9.85. The summed E-state index contributed by atoms with van der Waals surface area (Å²) in [6, 6.07) is 1.56. The molecule has 1 fully saturated rings. The average Bonchev–Trinajstić information content (AvgIpc) is 3.34. The van der Waals surface area contributed by atoms with Crippen LogP contribution in [0.5, 0.6) is 5.75 Å². The second-order valence-corrected chi connectivity index (χ2v) is 7.55. The SMILES string of the molecule is O=c1[nH]c2cnc(NC[C@@H]3CCNC3)nc2n1Cc1cc(C(F)(F)F)ccc1OC(F)(F)F. The number of imidazole rings is 1. The highest BCUT2D eigenvalue weighted by molar-refractivity contribution is 5.71. The van der Waals surface area contributed by atoms with E-state index in [-0.39, 0.29) is 17.1 Å². The number of nitrogens with one attached hydrogen (secondary N) is 3. The number of aromatic nitrogens is 4. The summed E-state index contributed by atoms with van der Waals surface area (Å²) in [5.74, 6) is -0.319. The van der Waals surface area contributed by atoms with E-state index in [2.05, 4.69) is 30.3 Å². The van der Waals surface area contributed by atoms with Crippen molar-refractivity contribution in [3.05, 3.63) is 46.0 Å². The van der Waals surface area contributed by atoms with E-state index in [1.54, 1.807) is 0 Å². The summed E-state index contributed by atoms with van der Waals surface area (Å²) in [4.78, 5) is 23.2. The molecule has 2 aromatic heterocycles. The molecular weight excluding hydrogens is 458 g/mol. The Hall–Kier alpha value is -3.29. The molecule has 0 amide bonds. The zero-order chi connectivity index (χ0) is 23.8. The number of halogens is 6. The number of H-pyrrole nitrogens is 1. The molecule has 4 rings (SSSR count). The predicted molar refractivity (Wildman–Crippen MR) is 105 cm³/mol. The number of benzene rings is 1. The second kappa shape index (κ2) is 8.57. The van der Waals surface area contributed by atoms with Gasteiger partial charge in [-0.1, -0.05) is 0 Å². The Balaban J connectivity index is 1.69. The normalized spacial score (nSPS) is 17.0. The maximum atomic E-state index is 13.1. The molecule has 33 heavy (non-hydrogen) atoms. The zero-order valence-corrected chi connectivity index (χ0v) is 16.8. The highest BCUT2D eigenvalue weighted by Gasteiger charge is 2.35. The first-order chi connectivity index (χ1) is 15.5. The first kappa shape index (κ1) is 22.9. The largest absolute Gasteiger partial charge is 0.573 e. The summed E-state index contributed by atoms with van der Waals surface area (Å²) in [5.41, 5.74) is -2.24. The topological polar surface area (TPSA) is 96.9 Å². The maximum absolute atomic E-state index is 13.1. The van der Waals surface area contributed by atoms with Crippen LogP contribution in [0.25, 0.3) is 11.2 Å². The Morgan fingerprint density at radius 2 is 2.00 bits per heavy atom. The Bertz CT molecular complexity index is 1200. The van der Waals surface area contributed by atoms with E-state index in [1.807, 2.05) is 0 Å². The number of ether oxygens (including phenoxy) is 1. The molecular formula is C19H18F6N6O2. The lowest BCUT2D eigenvalue weighted by Gasteiger charge is -2.16. The molecule has 0 saturated carbocycles. The summed E-state index contributed by atoms with van der Waals surface area (Å²) in [5, 5.41) is 6.25. The smallest absolute Gasteiger partial charge is 0.405 e. The van der Waals surface area contributed by atoms with Crippen LogP contribution in [0, 0.1) is 5.92 Å². The zero-order valence-electron chi connectivity index (χ0n) is 16.8. The van der Waals surface area contributed by atoms with Crippen molar-refractivity contribution in [1.82, 2.24) is 24.8 Å². The van der Waals surface area contributed by atoms with Crippen molar-refractivity contribution in [2.24, 2.45) is 5.92 Å². The number of rotatable bonds is 6. The van der Waals surface area contributed by atoms with Gasteiger partial charge in [-0.2, -0.15) is 18.2 Å². The van der Waals surface area contributed by atoms with E-state index in [1.165, 1.54) is 6.20 Å². The van der Waals surface area contributed by atoms with Crippen LogP contribution in [-0.4, -0.2) is 45.5 Å². The van der Waals surface area contributed by atoms with Gasteiger partial charge >= 0.3 is 18.2 Å². The lowest BCUT2D eigenvalue weighted by Crippen LogP contribution is -2.22. The summed E-state index contributed by atoms with van der Waals surface area (Å²) >= 11 is 0. The third kappa shape index (κ3) is 5.38. The van der Waals surface area contributed by atoms with Crippen molar-refractivity contribution >= 4 is 17.1 Å². The van der Waals surface area contributed by atoms with E-state index in [0.29, 0.717) is 30.7 Å². The molecule has 3 aromatic rings. The van der Waals surface area contributed by atoms with Crippen LogP contribution in [0.2, 0.25) is 0 Å². The Morgan fingerprint density at radius 1 is 1.21 bits per heavy atom. The van der Waals surface area contributed by atoms with Crippen LogP contribution < -0.4 is 21.1 Å². The third-order valence-corrected chi connectivity index (χ3v) is 5.16. The quantitative estimate of drug-likeness (QED) is 0.474. The Kier molecular flexibility index (Phi) is 5.95. The molecule has 0 aliphatic carbocycles. The van der Waals surface area contributed by atoms with Crippen LogP contribution in [0.1, 0.15) is 17.5 Å². The van der Waals surface area contributed by atoms with Crippen molar-refractivity contribution in [2.45, 2.75) is 25.5 Å². The lowest BCUT2D eigenvalue weighted by atomic mass is 10.1. The number of alkyl halides is 6. The molecule has 3 N–H and O–H groups in total. The summed E-state index contributed by atoms with van der Waals surface area (Å²) in [7, 11) is 0. The van der Waals surface area contributed by atoms with Crippen LogP contribution in [0.3, 0.4) is 0 Å². The number of fused-ring (bicyclic) bond motifs is 1. The van der Waals surface area contributed by atoms with Crippen LogP contribution >= 0.6 is 0 Å². The molecule has 14 heteroatoms. The maximum Gasteiger partial charge on any atom is 0.573 e. The van der Waals surface area contributed by atoms with Gasteiger partial charge in [-0.05, 0) is 43.6 Å². The molecule has 1 aliphatic heterocycles. The first-order valence-corrected chi connectivity index (χ1v) is 9.85. The van der Waals surface area contributed by atoms with E-state index in [0.717, 1.165) is 24.1 Å². The van der Waals surface area contributed by atoms with E-state index >= 15 is 0 Å². The van der Waals surface area contributed by atoms with Gasteiger partial charge in [0.15, 0.2) is 5.65 Å². The fraction of sp³-hybridized carbons (Fsp3) is 0.421. The van der Waals surface area contributed by atoms with Gasteiger partial charge in [-0.25, -0.2) is 9.78 Å². The second-order valence-electron chi connectivity index (χ2n) is 7.55. The number of aromatic amines is 1. The fourth-order valence-electron chi connectivity index (χ4n) is 3.58. The number of nitrogens with zero attached hydrogens (tertiary/aromatic N) is 3. The minimum absolute atomic E-state index is 0.0254. The van der Waals surface area contributed by atoms with Gasteiger partial charge in [0.1, 0.15) is 11.3 Å². The van der Waals surface area contributed by atoms with Gasteiger partial charge in [-0.15, -0.1) is 13.2 Å². The Labute approximate surface area is 182 Å². The lowest BCUT2D eigenvalue weighted by molar-refractivity contribution is -0.274. The van der Waals surface area contributed by atoms with Crippen molar-refractivity contribution in [3.63, 3.8) is 0 Å². The van der Waals surface area contributed by atoms with Gasteiger partial charge in [-0.3, -0.25) is 4.57 Å². The standard InChI is InChI=1S/C19H18F6N6O2/c20-18(21,22)12-1-2-14(33-19(23,24)25)11(5-12)9-31-15-13(29-17(31)32)8-28-16(30-15)27-7-10-3-4-26-6-10/h1-2,5,8,10,26H,3-4,6-7,9H2,(H,29,32)(H,27,28,30)/t10-/m1/s1. The van der Waals surface area contributed by atoms with Crippen molar-refractivity contribution in [2.75, 3.05) is 25.0 Å². The molecule has 1 saturated heterocycles. The van der Waals surface area contributed by atoms with Crippen molar-refractivity contribution in [3.8, 4) is 5.75 Å². The molecule has 1 atom stereocenters. The molecule has 1 aromatic carbocycles. The molecule has 3 heterocycles. The highest BCUT2D eigenvalue weighted by atomic mass is 19.4. The van der Waals surface area contributed by atoms with E-state index in [9.17, 15) is 31.1 Å². The van der Waals surface area contributed by atoms with Crippen LogP contribution in [0.15, 0.2) is 29.2 Å². The van der Waals surface area contributed by atoms with Gasteiger partial charge in [0.05, 0.1) is 18.3 Å². The molecule has 0 spiro atoms. The van der Waals surface area contributed by atoms with Gasteiger partial charge in [0.25, 0.3) is 0 Å². The van der Waals surface area contributed by atoms with Crippen LogP contribution in [0.4, 0.5) is 32.3 Å². The van der Waals surface area contributed by atoms with Gasteiger partial charge in [0.2, 0.25) is 5.95 Å². The minimum atomic E-state index is -5.13. The third-order valence-electron chi connectivity index (χ3n) is 5.16. The minimum Gasteiger partial charge on any atom is -0.405 e. The van der Waals surface area contributed by atoms with Crippen LogP contribution in [-0.2, 0) is 12.7 Å². The molecule has 0 radical (unpaired) electrons. The van der Waals surface area contributed by atoms with Crippen molar-refractivity contribution in [1.29, 1.82) is 0 Å². The molecule has 178 valence electrons. The summed E-state index contributed by atoms with van der Waals surface area (Å²) in [6.45, 7) is 1.63. The average molecular weight is 476 g/mol. The predicted octanol–water partition coefficient (Wildman–Crippen LogP) is 3.11. The van der Waals surface area contributed by atoms with Crippen molar-refractivity contribution < 1.29 is 31.1 Å². The summed E-state index contributed by atoms with van der Waals surface area (Å²) in [6.07, 6.45) is -7.66. The molecule has 1 aliphatic rings. The molecule has 8 nitrogen and oxygen atoms in total. The monoisotopic (exact) mass is 476 g/mol. The molecule has 0 unspecified atom stereocenters. The van der Waals surface area contributed by atoms with Gasteiger partial charge in [0, 0.05) is 12.1 Å². The van der Waals surface area contributed by atoms with E-state index < -0.39 is 41.6 Å². The Morgan fingerprint density at radius 3 is 2.67 bits per heavy atom. The fourth-order valence-corrected chi connectivity index (χ4v) is 3.58. The highest BCUT2D eigenvalue weighted by Crippen LogP contribution is 2.35. The summed E-state index contributed by atoms with van der Waals surface area (Å²) < 4.78 is 82.6. The van der Waals surface area contributed by atoms with Gasteiger partial charge < -0.3 is 20.4 Å². The molecule has 0 bridgehead atoms. The number of anilines is 1. The number of hydrogen-bond donors (Lipinski definition) is 3.